The Hall–Kier alpha value is -2.03. The predicted molar refractivity (Wildman–Crippen MR) is 75.0 cm³/mol. The van der Waals surface area contributed by atoms with Gasteiger partial charge in [-0.05, 0) is 6.92 Å². The van der Waals surface area contributed by atoms with Gasteiger partial charge in [-0.1, -0.05) is 12.2 Å². The van der Waals surface area contributed by atoms with E-state index < -0.39 is 18.2 Å². The molecule has 3 heterocycles. The summed E-state index contributed by atoms with van der Waals surface area (Å²) in [6.45, 7) is 1.69. The maximum atomic E-state index is 10.4. The van der Waals surface area contributed by atoms with Crippen molar-refractivity contribution in [3.8, 4) is 0 Å². The molecule has 112 valence electrons. The Morgan fingerprint density at radius 1 is 1.43 bits per heavy atom. The summed E-state index contributed by atoms with van der Waals surface area (Å²) >= 11 is 0. The fraction of sp³-hybridized carbons (Fsp3) is 0.462. The maximum Gasteiger partial charge on any atom is 0.167 e. The number of hydrogen-bond acceptors (Lipinski definition) is 7. The number of fused-ring (bicyclic) bond motifs is 1. The molecule has 8 nitrogen and oxygen atoms in total. The summed E-state index contributed by atoms with van der Waals surface area (Å²) in [4.78, 5) is 12.2. The summed E-state index contributed by atoms with van der Waals surface area (Å²) in [6, 6.07) is 0. The Balaban J connectivity index is 2.01. The number of nitrogens with two attached hydrogens (primary N) is 1. The van der Waals surface area contributed by atoms with E-state index in [0.29, 0.717) is 11.2 Å². The molecule has 0 aliphatic carbocycles. The number of aliphatic hydroxyl groups is 2. The predicted octanol–water partition coefficient (Wildman–Crippen LogP) is -0.149. The van der Waals surface area contributed by atoms with Gasteiger partial charge in [-0.3, -0.25) is 4.57 Å². The van der Waals surface area contributed by atoms with Crippen LogP contribution in [0.4, 0.5) is 5.82 Å². The molecule has 2 aromatic rings. The number of anilines is 1. The Kier molecular flexibility index (Phi) is 3.58. The smallest absolute Gasteiger partial charge is 0.167 e. The first kappa shape index (κ1) is 13.9. The molecule has 4 N–H and O–H groups in total. The van der Waals surface area contributed by atoms with Crippen LogP contribution in [0.5, 0.6) is 0 Å². The van der Waals surface area contributed by atoms with E-state index >= 15 is 0 Å². The molecule has 21 heavy (non-hydrogen) atoms. The van der Waals surface area contributed by atoms with Gasteiger partial charge in [0.15, 0.2) is 17.7 Å². The van der Waals surface area contributed by atoms with Crippen molar-refractivity contribution in [1.29, 1.82) is 0 Å². The molecule has 0 spiro atoms. The van der Waals surface area contributed by atoms with Crippen molar-refractivity contribution in [3.05, 3.63) is 24.8 Å². The average molecular weight is 291 g/mol. The number of aromatic nitrogens is 4. The molecule has 1 aliphatic heterocycles. The van der Waals surface area contributed by atoms with Crippen molar-refractivity contribution in [1.82, 2.24) is 19.5 Å². The molecule has 1 saturated heterocycles. The van der Waals surface area contributed by atoms with Crippen LogP contribution in [0.15, 0.2) is 24.8 Å². The van der Waals surface area contributed by atoms with Gasteiger partial charge >= 0.3 is 0 Å². The molecule has 0 radical (unpaired) electrons. The second-order valence-electron chi connectivity index (χ2n) is 4.94. The lowest BCUT2D eigenvalue weighted by atomic mass is 9.98. The lowest BCUT2D eigenvalue weighted by Crippen LogP contribution is -2.28. The van der Waals surface area contributed by atoms with Crippen LogP contribution in [-0.4, -0.2) is 48.5 Å². The number of nitrogens with zero attached hydrogens (tertiary/aromatic N) is 4. The highest BCUT2D eigenvalue weighted by Gasteiger charge is 2.43. The van der Waals surface area contributed by atoms with Crippen LogP contribution in [0.2, 0.25) is 0 Å². The number of imidazole rings is 1. The number of aliphatic hydroxyl groups excluding tert-OH is 2. The SMILES string of the molecule is C/C=C/[C@H]1O[C@@H](n2cnc3c(N)ncnc32)[C@H](O)[C@@H]1CO. The summed E-state index contributed by atoms with van der Waals surface area (Å²) in [6.07, 6.45) is 4.57. The average Bonchev–Trinajstić information content (AvgIpc) is 3.02. The maximum absolute atomic E-state index is 10.4. The topological polar surface area (TPSA) is 119 Å². The van der Waals surface area contributed by atoms with Gasteiger partial charge in [-0.2, -0.15) is 0 Å². The van der Waals surface area contributed by atoms with Crippen molar-refractivity contribution >= 4 is 17.0 Å². The van der Waals surface area contributed by atoms with E-state index in [-0.39, 0.29) is 18.5 Å². The van der Waals surface area contributed by atoms with Crippen molar-refractivity contribution in [3.63, 3.8) is 0 Å². The van der Waals surface area contributed by atoms with Gasteiger partial charge in [-0.25, -0.2) is 15.0 Å². The Morgan fingerprint density at radius 2 is 2.24 bits per heavy atom. The van der Waals surface area contributed by atoms with Crippen molar-refractivity contribution in [2.24, 2.45) is 5.92 Å². The second kappa shape index (κ2) is 5.40. The Labute approximate surface area is 120 Å². The molecule has 0 saturated carbocycles. The molecule has 0 bridgehead atoms. The summed E-state index contributed by atoms with van der Waals surface area (Å²) in [5.41, 5.74) is 6.70. The van der Waals surface area contributed by atoms with Crippen molar-refractivity contribution < 1.29 is 14.9 Å². The third kappa shape index (κ3) is 2.17. The van der Waals surface area contributed by atoms with Crippen molar-refractivity contribution in [2.75, 3.05) is 12.3 Å². The van der Waals surface area contributed by atoms with Crippen LogP contribution in [0, 0.1) is 5.92 Å². The quantitative estimate of drug-likeness (QED) is 0.673. The van der Waals surface area contributed by atoms with E-state index in [1.807, 2.05) is 19.1 Å². The molecule has 3 rings (SSSR count). The fourth-order valence-electron chi connectivity index (χ4n) is 2.62. The van der Waals surface area contributed by atoms with E-state index in [0.717, 1.165) is 0 Å². The van der Waals surface area contributed by atoms with Gasteiger partial charge < -0.3 is 20.7 Å². The number of ether oxygens (including phenoxy) is 1. The van der Waals surface area contributed by atoms with Gasteiger partial charge in [-0.15, -0.1) is 0 Å². The highest BCUT2D eigenvalue weighted by molar-refractivity contribution is 5.81. The monoisotopic (exact) mass is 291 g/mol. The van der Waals surface area contributed by atoms with Crippen LogP contribution in [0.1, 0.15) is 13.2 Å². The van der Waals surface area contributed by atoms with Gasteiger partial charge in [0, 0.05) is 5.92 Å². The standard InChI is InChI=1S/C13H17N5O3/c1-2-3-8-7(4-19)10(20)13(21-8)18-6-17-9-11(14)15-5-16-12(9)18/h2-3,5-8,10,13,19-20H,4H2,1H3,(H2,14,15,16)/b3-2+/t7-,8-,10-,13-/m1/s1. The summed E-state index contributed by atoms with van der Waals surface area (Å²) in [5.74, 6) is -0.127. The summed E-state index contributed by atoms with van der Waals surface area (Å²) in [7, 11) is 0. The second-order valence-corrected chi connectivity index (χ2v) is 4.94. The molecule has 8 heteroatoms. The highest BCUT2D eigenvalue weighted by Crippen LogP contribution is 2.36. The number of nitrogen functional groups attached to an aromatic ring is 1. The minimum absolute atomic E-state index is 0.170. The molecular weight excluding hydrogens is 274 g/mol. The third-order valence-electron chi connectivity index (χ3n) is 3.70. The Morgan fingerprint density at radius 3 is 2.95 bits per heavy atom. The van der Waals surface area contributed by atoms with E-state index in [1.54, 1.807) is 4.57 Å². The largest absolute Gasteiger partial charge is 0.396 e. The van der Waals surface area contributed by atoms with Gasteiger partial charge in [0.25, 0.3) is 0 Å². The van der Waals surface area contributed by atoms with Crippen LogP contribution in [0.3, 0.4) is 0 Å². The van der Waals surface area contributed by atoms with E-state index in [4.69, 9.17) is 10.5 Å². The van der Waals surface area contributed by atoms with Gasteiger partial charge in [0.05, 0.1) is 19.0 Å². The van der Waals surface area contributed by atoms with Gasteiger partial charge in [0.2, 0.25) is 0 Å². The number of allylic oxidation sites excluding steroid dienone is 1. The summed E-state index contributed by atoms with van der Waals surface area (Å²) in [5, 5.41) is 19.9. The summed E-state index contributed by atoms with van der Waals surface area (Å²) < 4.78 is 7.45. The van der Waals surface area contributed by atoms with Gasteiger partial charge in [0.1, 0.15) is 17.9 Å². The normalized spacial score (nSPS) is 29.7. The molecule has 0 unspecified atom stereocenters. The fourth-order valence-corrected chi connectivity index (χ4v) is 2.62. The molecule has 2 aromatic heterocycles. The molecule has 1 fully saturated rings. The van der Waals surface area contributed by atoms with Crippen LogP contribution in [0.25, 0.3) is 11.2 Å². The lowest BCUT2D eigenvalue weighted by molar-refractivity contribution is -0.0234. The highest BCUT2D eigenvalue weighted by atomic mass is 16.5. The molecule has 0 aromatic carbocycles. The first-order chi connectivity index (χ1) is 10.2. The minimum Gasteiger partial charge on any atom is -0.396 e. The van der Waals surface area contributed by atoms with E-state index in [1.165, 1.54) is 12.7 Å². The van der Waals surface area contributed by atoms with Crippen LogP contribution in [-0.2, 0) is 4.74 Å². The third-order valence-corrected chi connectivity index (χ3v) is 3.70. The number of rotatable bonds is 3. The molecule has 4 atom stereocenters. The van der Waals surface area contributed by atoms with Crippen LogP contribution < -0.4 is 5.73 Å². The van der Waals surface area contributed by atoms with Crippen molar-refractivity contribution in [2.45, 2.75) is 25.4 Å². The molecule has 1 aliphatic rings. The minimum atomic E-state index is -0.871. The molecular formula is C13H17N5O3. The zero-order valence-corrected chi connectivity index (χ0v) is 11.5. The van der Waals surface area contributed by atoms with Crippen LogP contribution >= 0.6 is 0 Å². The first-order valence-electron chi connectivity index (χ1n) is 6.67. The Bertz CT molecular complexity index is 671. The lowest BCUT2D eigenvalue weighted by Gasteiger charge is -2.17. The zero-order valence-electron chi connectivity index (χ0n) is 11.5. The van der Waals surface area contributed by atoms with E-state index in [2.05, 4.69) is 15.0 Å². The molecule has 0 amide bonds. The first-order valence-corrected chi connectivity index (χ1v) is 6.67. The zero-order chi connectivity index (χ0) is 15.0. The number of hydrogen-bond donors (Lipinski definition) is 3. The van der Waals surface area contributed by atoms with E-state index in [9.17, 15) is 10.2 Å².